The second kappa shape index (κ2) is 9.01. The smallest absolute Gasteiger partial charge is 0.243 e. The summed E-state index contributed by atoms with van der Waals surface area (Å²) in [4.78, 5) is 30.9. The molecule has 2 amide bonds. The zero-order chi connectivity index (χ0) is 21.0. The quantitative estimate of drug-likeness (QED) is 0.660. The van der Waals surface area contributed by atoms with Crippen molar-refractivity contribution in [2.24, 2.45) is 0 Å². The van der Waals surface area contributed by atoms with E-state index in [0.717, 1.165) is 33.1 Å². The predicted octanol–water partition coefficient (Wildman–Crippen LogP) is 4.37. The summed E-state index contributed by atoms with van der Waals surface area (Å²) in [5.74, 6) is -0.351. The van der Waals surface area contributed by atoms with Gasteiger partial charge < -0.3 is 10.2 Å². The number of nitrogens with zero attached hydrogens (tertiary/aromatic N) is 2. The lowest BCUT2D eigenvalue weighted by molar-refractivity contribution is -0.132. The van der Waals surface area contributed by atoms with Crippen LogP contribution in [0.2, 0.25) is 0 Å². The van der Waals surface area contributed by atoms with Crippen molar-refractivity contribution >= 4 is 28.8 Å². The highest BCUT2D eigenvalue weighted by Crippen LogP contribution is 2.24. The van der Waals surface area contributed by atoms with Gasteiger partial charge in [-0.2, -0.15) is 0 Å². The molecular formula is C23H25N3O2S. The largest absolute Gasteiger partial charge is 0.336 e. The standard InChI is InChI=1S/C23H25N3O2S/c1-15-7-5-9-18(11-15)23-24-19(14-29-23)12-22(28)26(4)13-21(27)25-20-10-6-8-16(2)17(20)3/h5-11,14H,12-13H2,1-4H3,(H,25,27). The Morgan fingerprint density at radius 1 is 1.10 bits per heavy atom. The number of aromatic nitrogens is 1. The molecule has 0 aliphatic rings. The van der Waals surface area contributed by atoms with E-state index < -0.39 is 0 Å². The maximum atomic E-state index is 12.5. The third-order valence-corrected chi connectivity index (χ3v) is 5.77. The average molecular weight is 408 g/mol. The van der Waals surface area contributed by atoms with Crippen LogP contribution >= 0.6 is 11.3 Å². The molecular weight excluding hydrogens is 382 g/mol. The first kappa shape index (κ1) is 20.7. The number of anilines is 1. The monoisotopic (exact) mass is 407 g/mol. The third kappa shape index (κ3) is 5.29. The number of hydrogen-bond acceptors (Lipinski definition) is 4. The summed E-state index contributed by atoms with van der Waals surface area (Å²) in [6, 6.07) is 13.9. The van der Waals surface area contributed by atoms with Crippen molar-refractivity contribution in [2.45, 2.75) is 27.2 Å². The van der Waals surface area contributed by atoms with E-state index in [4.69, 9.17) is 0 Å². The summed E-state index contributed by atoms with van der Waals surface area (Å²) in [5, 5.41) is 5.68. The van der Waals surface area contributed by atoms with Gasteiger partial charge in [0.05, 0.1) is 18.7 Å². The summed E-state index contributed by atoms with van der Waals surface area (Å²) >= 11 is 1.52. The van der Waals surface area contributed by atoms with E-state index in [-0.39, 0.29) is 24.8 Å². The normalized spacial score (nSPS) is 10.6. The van der Waals surface area contributed by atoms with Crippen LogP contribution in [-0.2, 0) is 16.0 Å². The van der Waals surface area contributed by atoms with E-state index in [1.807, 2.05) is 62.5 Å². The summed E-state index contributed by atoms with van der Waals surface area (Å²) in [6.07, 6.45) is 0.176. The highest BCUT2D eigenvalue weighted by molar-refractivity contribution is 7.13. The second-order valence-corrected chi connectivity index (χ2v) is 8.09. The molecule has 0 aliphatic heterocycles. The number of aryl methyl sites for hydroxylation is 2. The van der Waals surface area contributed by atoms with Gasteiger partial charge in [0.1, 0.15) is 5.01 Å². The van der Waals surface area contributed by atoms with Gasteiger partial charge in [-0.05, 0) is 44.0 Å². The maximum absolute atomic E-state index is 12.5. The molecule has 0 aliphatic carbocycles. The Hall–Kier alpha value is -2.99. The zero-order valence-corrected chi connectivity index (χ0v) is 18.0. The SMILES string of the molecule is Cc1cccc(-c2nc(CC(=O)N(C)CC(=O)Nc3cccc(C)c3C)cs2)c1. The molecule has 5 nitrogen and oxygen atoms in total. The first-order valence-electron chi connectivity index (χ1n) is 9.45. The van der Waals surface area contributed by atoms with Crippen molar-refractivity contribution in [3.05, 3.63) is 70.2 Å². The first-order chi connectivity index (χ1) is 13.8. The molecule has 150 valence electrons. The molecule has 3 aromatic rings. The number of hydrogen-bond donors (Lipinski definition) is 1. The lowest BCUT2D eigenvalue weighted by Gasteiger charge is -2.17. The van der Waals surface area contributed by atoms with E-state index in [1.54, 1.807) is 7.05 Å². The Morgan fingerprint density at radius 2 is 1.86 bits per heavy atom. The van der Waals surface area contributed by atoms with Crippen LogP contribution in [0.4, 0.5) is 5.69 Å². The van der Waals surface area contributed by atoms with Crippen LogP contribution in [0.5, 0.6) is 0 Å². The molecule has 0 atom stereocenters. The molecule has 1 heterocycles. The lowest BCUT2D eigenvalue weighted by Crippen LogP contribution is -2.36. The van der Waals surface area contributed by atoms with E-state index in [1.165, 1.54) is 21.8 Å². The van der Waals surface area contributed by atoms with Gasteiger partial charge in [-0.15, -0.1) is 11.3 Å². The highest BCUT2D eigenvalue weighted by Gasteiger charge is 2.16. The fraction of sp³-hybridized carbons (Fsp3) is 0.261. The number of amides is 2. The van der Waals surface area contributed by atoms with Gasteiger partial charge in [0.25, 0.3) is 0 Å². The Labute approximate surface area is 175 Å². The Kier molecular flexibility index (Phi) is 6.44. The summed E-state index contributed by atoms with van der Waals surface area (Å²) in [7, 11) is 1.64. The van der Waals surface area contributed by atoms with Gasteiger partial charge in [-0.25, -0.2) is 4.98 Å². The van der Waals surface area contributed by atoms with Crippen molar-refractivity contribution in [1.82, 2.24) is 9.88 Å². The van der Waals surface area contributed by atoms with E-state index >= 15 is 0 Å². The Morgan fingerprint density at radius 3 is 2.62 bits per heavy atom. The molecule has 0 radical (unpaired) electrons. The number of carbonyl (C=O) groups is 2. The van der Waals surface area contributed by atoms with Crippen molar-refractivity contribution in [1.29, 1.82) is 0 Å². The average Bonchev–Trinajstić information content (AvgIpc) is 3.14. The molecule has 1 aromatic heterocycles. The first-order valence-corrected chi connectivity index (χ1v) is 10.3. The van der Waals surface area contributed by atoms with Crippen molar-refractivity contribution in [3.63, 3.8) is 0 Å². The fourth-order valence-corrected chi connectivity index (χ4v) is 3.79. The molecule has 6 heteroatoms. The van der Waals surface area contributed by atoms with Crippen LogP contribution < -0.4 is 5.32 Å². The maximum Gasteiger partial charge on any atom is 0.243 e. The molecule has 0 unspecified atom stereocenters. The molecule has 29 heavy (non-hydrogen) atoms. The van der Waals surface area contributed by atoms with Gasteiger partial charge in [0.15, 0.2) is 0 Å². The van der Waals surface area contributed by atoms with Crippen LogP contribution in [0.25, 0.3) is 10.6 Å². The molecule has 0 spiro atoms. The summed E-state index contributed by atoms with van der Waals surface area (Å²) in [5.41, 5.74) is 5.86. The van der Waals surface area contributed by atoms with Crippen LogP contribution in [0.1, 0.15) is 22.4 Å². The van der Waals surface area contributed by atoms with Gasteiger partial charge >= 0.3 is 0 Å². The minimum atomic E-state index is -0.215. The molecule has 2 aromatic carbocycles. The topological polar surface area (TPSA) is 62.3 Å². The fourth-order valence-electron chi connectivity index (χ4n) is 2.97. The van der Waals surface area contributed by atoms with Gasteiger partial charge in [-0.3, -0.25) is 9.59 Å². The number of likely N-dealkylation sites (N-methyl/N-ethyl adjacent to an activating group) is 1. The number of benzene rings is 2. The zero-order valence-electron chi connectivity index (χ0n) is 17.2. The summed E-state index contributed by atoms with van der Waals surface area (Å²) < 4.78 is 0. The van der Waals surface area contributed by atoms with Gasteiger partial charge in [0.2, 0.25) is 11.8 Å². The molecule has 1 N–H and O–H groups in total. The Bertz CT molecular complexity index is 1040. The number of thiazole rings is 1. The molecule has 0 saturated heterocycles. The van der Waals surface area contributed by atoms with Crippen molar-refractivity contribution in [2.75, 3.05) is 18.9 Å². The van der Waals surface area contributed by atoms with Gasteiger partial charge in [0, 0.05) is 23.7 Å². The molecule has 0 saturated carbocycles. The molecule has 0 bridgehead atoms. The van der Waals surface area contributed by atoms with Crippen LogP contribution in [0, 0.1) is 20.8 Å². The van der Waals surface area contributed by atoms with E-state index in [0.29, 0.717) is 0 Å². The second-order valence-electron chi connectivity index (χ2n) is 7.24. The predicted molar refractivity (Wildman–Crippen MR) is 118 cm³/mol. The molecule has 0 fully saturated rings. The number of carbonyl (C=O) groups excluding carboxylic acids is 2. The minimum absolute atomic E-state index is 0.00108. The van der Waals surface area contributed by atoms with Crippen LogP contribution in [-0.4, -0.2) is 35.3 Å². The highest BCUT2D eigenvalue weighted by atomic mass is 32.1. The lowest BCUT2D eigenvalue weighted by atomic mass is 10.1. The van der Waals surface area contributed by atoms with E-state index in [9.17, 15) is 9.59 Å². The number of rotatable bonds is 6. The van der Waals surface area contributed by atoms with Crippen molar-refractivity contribution < 1.29 is 9.59 Å². The van der Waals surface area contributed by atoms with E-state index in [2.05, 4.69) is 16.4 Å². The van der Waals surface area contributed by atoms with Crippen LogP contribution in [0.15, 0.2) is 47.8 Å². The van der Waals surface area contributed by atoms with Crippen LogP contribution in [0.3, 0.4) is 0 Å². The Balaban J connectivity index is 1.58. The third-order valence-electron chi connectivity index (χ3n) is 4.83. The molecule has 3 rings (SSSR count). The summed E-state index contributed by atoms with van der Waals surface area (Å²) in [6.45, 7) is 6.01. The van der Waals surface area contributed by atoms with Gasteiger partial charge in [-0.1, -0.05) is 35.9 Å². The minimum Gasteiger partial charge on any atom is -0.336 e. The van der Waals surface area contributed by atoms with Crippen molar-refractivity contribution in [3.8, 4) is 10.6 Å². The number of nitrogens with one attached hydrogen (secondary N) is 1.